The van der Waals surface area contributed by atoms with E-state index in [1.54, 1.807) is 7.11 Å². The minimum atomic E-state index is 0. The third-order valence-electron chi connectivity index (χ3n) is 3.64. The molecule has 1 aliphatic carbocycles. The molecule has 0 aliphatic heterocycles. The smallest absolute Gasteiger partial charge is 0.119 e. The van der Waals surface area contributed by atoms with Gasteiger partial charge in [0.1, 0.15) is 5.75 Å². The molecule has 0 radical (unpaired) electrons. The number of hydrogen-bond donors (Lipinski definition) is 1. The van der Waals surface area contributed by atoms with E-state index >= 15 is 0 Å². The molecule has 0 spiro atoms. The molecule has 2 N–H and O–H groups in total. The van der Waals surface area contributed by atoms with E-state index in [4.69, 9.17) is 10.5 Å². The number of benzene rings is 1. The first kappa shape index (κ1) is 14.3. The van der Waals surface area contributed by atoms with Crippen molar-refractivity contribution < 1.29 is 4.74 Å². The predicted octanol–water partition coefficient (Wildman–Crippen LogP) is 3.70. The van der Waals surface area contributed by atoms with Crippen LogP contribution in [0, 0.1) is 5.92 Å². The average molecular weight is 256 g/mol. The van der Waals surface area contributed by atoms with Gasteiger partial charge in [0.2, 0.25) is 0 Å². The maximum absolute atomic E-state index is 6.34. The van der Waals surface area contributed by atoms with Crippen LogP contribution < -0.4 is 10.5 Å². The van der Waals surface area contributed by atoms with Gasteiger partial charge in [-0.3, -0.25) is 0 Å². The maximum atomic E-state index is 6.34. The normalized spacial score (nSPS) is 18.2. The molecule has 2 nitrogen and oxygen atoms in total. The molecule has 1 fully saturated rings. The van der Waals surface area contributed by atoms with Crippen molar-refractivity contribution in [2.45, 2.75) is 38.1 Å². The predicted molar refractivity (Wildman–Crippen MR) is 73.7 cm³/mol. The van der Waals surface area contributed by atoms with Gasteiger partial charge in [-0.15, -0.1) is 12.4 Å². The second-order valence-electron chi connectivity index (χ2n) is 4.70. The van der Waals surface area contributed by atoms with Gasteiger partial charge in [-0.05, 0) is 36.5 Å². The van der Waals surface area contributed by atoms with Gasteiger partial charge in [0.25, 0.3) is 0 Å². The van der Waals surface area contributed by atoms with Crippen molar-refractivity contribution in [2.75, 3.05) is 7.11 Å². The Hall–Kier alpha value is -0.730. The molecule has 0 heterocycles. The molecule has 17 heavy (non-hydrogen) atoms. The van der Waals surface area contributed by atoms with Crippen LogP contribution in [0.2, 0.25) is 0 Å². The summed E-state index contributed by atoms with van der Waals surface area (Å²) in [6.07, 6.45) is 6.60. The second kappa shape index (κ2) is 6.87. The van der Waals surface area contributed by atoms with Crippen molar-refractivity contribution in [3.05, 3.63) is 29.8 Å². The fourth-order valence-electron chi connectivity index (χ4n) is 2.61. The van der Waals surface area contributed by atoms with Crippen molar-refractivity contribution in [2.24, 2.45) is 11.7 Å². The number of rotatable bonds is 3. The molecule has 3 heteroatoms. The van der Waals surface area contributed by atoms with Gasteiger partial charge in [0.15, 0.2) is 0 Å². The molecule has 0 unspecified atom stereocenters. The maximum Gasteiger partial charge on any atom is 0.119 e. The summed E-state index contributed by atoms with van der Waals surface area (Å²) in [7, 11) is 1.70. The van der Waals surface area contributed by atoms with Crippen molar-refractivity contribution >= 4 is 12.4 Å². The number of methoxy groups -OCH3 is 1. The largest absolute Gasteiger partial charge is 0.497 e. The van der Waals surface area contributed by atoms with Crippen LogP contribution in [0.1, 0.15) is 43.7 Å². The molecule has 1 saturated carbocycles. The summed E-state index contributed by atoms with van der Waals surface area (Å²) >= 11 is 0. The molecule has 2 rings (SSSR count). The molecule has 0 bridgehead atoms. The van der Waals surface area contributed by atoms with Gasteiger partial charge in [-0.1, -0.05) is 31.4 Å². The molecule has 0 aromatic heterocycles. The fourth-order valence-corrected chi connectivity index (χ4v) is 2.61. The van der Waals surface area contributed by atoms with Crippen molar-refractivity contribution in [3.63, 3.8) is 0 Å². The van der Waals surface area contributed by atoms with E-state index in [-0.39, 0.29) is 18.4 Å². The van der Waals surface area contributed by atoms with E-state index in [0.717, 1.165) is 5.75 Å². The SMILES string of the molecule is COc1cccc([C@@H](N)C2CCCCC2)c1.Cl. The van der Waals surface area contributed by atoms with Gasteiger partial charge in [0.05, 0.1) is 7.11 Å². The number of hydrogen-bond acceptors (Lipinski definition) is 2. The Bertz CT molecular complexity index is 337. The van der Waals surface area contributed by atoms with Crippen LogP contribution in [0.4, 0.5) is 0 Å². The standard InChI is InChI=1S/C14H21NO.ClH/c1-16-13-9-5-8-12(10-13)14(15)11-6-3-2-4-7-11;/h5,8-11,14H,2-4,6-7,15H2,1H3;1H/t14-;/m0./s1. The van der Waals surface area contributed by atoms with E-state index in [1.165, 1.54) is 37.7 Å². The Morgan fingerprint density at radius 1 is 1.24 bits per heavy atom. The lowest BCUT2D eigenvalue weighted by molar-refractivity contribution is 0.307. The summed E-state index contributed by atoms with van der Waals surface area (Å²) in [5.74, 6) is 1.56. The first-order chi connectivity index (χ1) is 7.81. The third kappa shape index (κ3) is 3.62. The lowest BCUT2D eigenvalue weighted by atomic mass is 9.81. The molecule has 0 amide bonds. The lowest BCUT2D eigenvalue weighted by Crippen LogP contribution is -2.23. The molecular formula is C14H22ClNO. The summed E-state index contributed by atoms with van der Waals surface area (Å²) in [5, 5.41) is 0. The second-order valence-corrected chi connectivity index (χ2v) is 4.70. The Morgan fingerprint density at radius 2 is 1.94 bits per heavy atom. The van der Waals surface area contributed by atoms with Crippen LogP contribution in [0.15, 0.2) is 24.3 Å². The molecule has 96 valence electrons. The van der Waals surface area contributed by atoms with Gasteiger partial charge < -0.3 is 10.5 Å². The minimum absolute atomic E-state index is 0. The monoisotopic (exact) mass is 255 g/mol. The Labute approximate surface area is 110 Å². The average Bonchev–Trinajstić information content (AvgIpc) is 2.39. The Morgan fingerprint density at radius 3 is 2.59 bits per heavy atom. The van der Waals surface area contributed by atoms with Crippen LogP contribution >= 0.6 is 12.4 Å². The highest BCUT2D eigenvalue weighted by molar-refractivity contribution is 5.85. The molecule has 0 saturated heterocycles. The molecule has 1 aliphatic rings. The summed E-state index contributed by atoms with van der Waals surface area (Å²) in [4.78, 5) is 0. The van der Waals surface area contributed by atoms with E-state index in [0.29, 0.717) is 5.92 Å². The van der Waals surface area contributed by atoms with Gasteiger partial charge in [-0.2, -0.15) is 0 Å². The highest BCUT2D eigenvalue weighted by Crippen LogP contribution is 2.33. The van der Waals surface area contributed by atoms with Gasteiger partial charge in [0, 0.05) is 6.04 Å². The Kier molecular flexibility index (Phi) is 5.79. The van der Waals surface area contributed by atoms with Crippen LogP contribution in [-0.4, -0.2) is 7.11 Å². The first-order valence-corrected chi connectivity index (χ1v) is 6.21. The third-order valence-corrected chi connectivity index (χ3v) is 3.64. The molecule has 1 atom stereocenters. The summed E-state index contributed by atoms with van der Waals surface area (Å²) in [6, 6.07) is 8.35. The zero-order valence-corrected chi connectivity index (χ0v) is 11.2. The topological polar surface area (TPSA) is 35.2 Å². The van der Waals surface area contributed by atoms with E-state index in [1.807, 2.05) is 12.1 Å². The number of halogens is 1. The van der Waals surface area contributed by atoms with E-state index in [9.17, 15) is 0 Å². The molecular weight excluding hydrogens is 234 g/mol. The summed E-state index contributed by atoms with van der Waals surface area (Å²) in [6.45, 7) is 0. The van der Waals surface area contributed by atoms with Crippen LogP contribution in [0.25, 0.3) is 0 Å². The summed E-state index contributed by atoms with van der Waals surface area (Å²) < 4.78 is 5.24. The van der Waals surface area contributed by atoms with E-state index in [2.05, 4.69) is 12.1 Å². The zero-order valence-electron chi connectivity index (χ0n) is 10.4. The van der Waals surface area contributed by atoms with Crippen molar-refractivity contribution in [1.29, 1.82) is 0 Å². The fraction of sp³-hybridized carbons (Fsp3) is 0.571. The van der Waals surface area contributed by atoms with Crippen LogP contribution in [0.3, 0.4) is 0 Å². The quantitative estimate of drug-likeness (QED) is 0.894. The van der Waals surface area contributed by atoms with E-state index < -0.39 is 0 Å². The van der Waals surface area contributed by atoms with Gasteiger partial charge in [-0.25, -0.2) is 0 Å². The molecule has 1 aromatic carbocycles. The van der Waals surface area contributed by atoms with Crippen molar-refractivity contribution in [3.8, 4) is 5.75 Å². The number of nitrogens with two attached hydrogens (primary N) is 1. The lowest BCUT2D eigenvalue weighted by Gasteiger charge is -2.27. The first-order valence-electron chi connectivity index (χ1n) is 6.21. The Balaban J connectivity index is 0.00000144. The zero-order chi connectivity index (χ0) is 11.4. The summed E-state index contributed by atoms with van der Waals surface area (Å²) in [5.41, 5.74) is 7.55. The minimum Gasteiger partial charge on any atom is -0.497 e. The molecule has 1 aromatic rings. The van der Waals surface area contributed by atoms with Crippen molar-refractivity contribution in [1.82, 2.24) is 0 Å². The van der Waals surface area contributed by atoms with Crippen LogP contribution in [-0.2, 0) is 0 Å². The highest BCUT2D eigenvalue weighted by Gasteiger charge is 2.21. The highest BCUT2D eigenvalue weighted by atomic mass is 35.5. The van der Waals surface area contributed by atoms with Gasteiger partial charge >= 0.3 is 0 Å². The van der Waals surface area contributed by atoms with Crippen LogP contribution in [0.5, 0.6) is 5.75 Å². The number of ether oxygens (including phenoxy) is 1.